The van der Waals surface area contributed by atoms with E-state index in [4.69, 9.17) is 24.1 Å². The quantitative estimate of drug-likeness (QED) is 0.812. The smallest absolute Gasteiger partial charge is 0.337 e. The van der Waals surface area contributed by atoms with Crippen molar-refractivity contribution in [2.24, 2.45) is 0 Å². The highest BCUT2D eigenvalue weighted by molar-refractivity contribution is 5.78. The Morgan fingerprint density at radius 3 is 2.56 bits per heavy atom. The molecule has 18 heavy (non-hydrogen) atoms. The van der Waals surface area contributed by atoms with Crippen molar-refractivity contribution in [2.45, 2.75) is 6.10 Å². The van der Waals surface area contributed by atoms with Crippen LogP contribution in [0.3, 0.4) is 0 Å². The highest BCUT2D eigenvalue weighted by Gasteiger charge is 2.31. The van der Waals surface area contributed by atoms with E-state index < -0.39 is 12.1 Å². The molecule has 1 aliphatic rings. The van der Waals surface area contributed by atoms with E-state index in [0.29, 0.717) is 5.75 Å². The van der Waals surface area contributed by atoms with Gasteiger partial charge in [-0.05, 0) is 6.07 Å². The maximum atomic E-state index is 10.8. The molecule has 1 aliphatic heterocycles. The van der Waals surface area contributed by atoms with Crippen LogP contribution in [0, 0.1) is 0 Å². The first-order valence-corrected chi connectivity index (χ1v) is 5.05. The molecule has 7 nitrogen and oxygen atoms in total. The molecule has 2 N–H and O–H groups in total. The SMILES string of the molecule is COc1cc(C(O)C(=O)O)c(OC)c2c1OCO2. The topological polar surface area (TPSA) is 94.5 Å². The number of hydrogen-bond donors (Lipinski definition) is 2. The van der Waals surface area contributed by atoms with Gasteiger partial charge in [0.1, 0.15) is 0 Å². The molecule has 0 spiro atoms. The maximum absolute atomic E-state index is 10.8. The lowest BCUT2D eigenvalue weighted by Crippen LogP contribution is -2.12. The van der Waals surface area contributed by atoms with Crippen LogP contribution in [0.1, 0.15) is 11.7 Å². The zero-order valence-electron chi connectivity index (χ0n) is 9.80. The number of fused-ring (bicyclic) bond motifs is 1. The Morgan fingerprint density at radius 1 is 1.33 bits per heavy atom. The molecule has 0 radical (unpaired) electrons. The van der Waals surface area contributed by atoms with Crippen molar-refractivity contribution in [3.05, 3.63) is 11.6 Å². The van der Waals surface area contributed by atoms with Crippen molar-refractivity contribution in [3.63, 3.8) is 0 Å². The summed E-state index contributed by atoms with van der Waals surface area (Å²) < 4.78 is 20.5. The number of aliphatic carboxylic acids is 1. The van der Waals surface area contributed by atoms with Crippen LogP contribution in [-0.2, 0) is 4.79 Å². The van der Waals surface area contributed by atoms with Crippen LogP contribution < -0.4 is 18.9 Å². The minimum absolute atomic E-state index is 0.0192. The summed E-state index contributed by atoms with van der Waals surface area (Å²) in [5, 5.41) is 18.5. The number of benzene rings is 1. The van der Waals surface area contributed by atoms with Crippen molar-refractivity contribution < 1.29 is 34.0 Å². The summed E-state index contributed by atoms with van der Waals surface area (Å²) in [6.45, 7) is -0.0192. The number of ether oxygens (including phenoxy) is 4. The van der Waals surface area contributed by atoms with Gasteiger partial charge in [0, 0.05) is 5.56 Å². The number of carbonyl (C=O) groups is 1. The molecule has 0 aliphatic carbocycles. The van der Waals surface area contributed by atoms with Crippen LogP contribution in [0.25, 0.3) is 0 Å². The third kappa shape index (κ3) is 1.78. The highest BCUT2D eigenvalue weighted by Crippen LogP contribution is 2.50. The van der Waals surface area contributed by atoms with Gasteiger partial charge in [-0.15, -0.1) is 0 Å². The van der Waals surface area contributed by atoms with Gasteiger partial charge in [0.25, 0.3) is 0 Å². The second-order valence-corrected chi connectivity index (χ2v) is 3.51. The van der Waals surface area contributed by atoms with Crippen LogP contribution in [0.4, 0.5) is 0 Å². The number of aliphatic hydroxyl groups is 1. The van der Waals surface area contributed by atoms with Crippen LogP contribution in [0.15, 0.2) is 6.07 Å². The van der Waals surface area contributed by atoms with E-state index in [1.807, 2.05) is 0 Å². The summed E-state index contributed by atoms with van der Waals surface area (Å²) >= 11 is 0. The number of carboxylic acid groups (broad SMARTS) is 1. The summed E-state index contributed by atoms with van der Waals surface area (Å²) in [6, 6.07) is 1.35. The summed E-state index contributed by atoms with van der Waals surface area (Å²) in [7, 11) is 2.75. The van der Waals surface area contributed by atoms with E-state index in [0.717, 1.165) is 0 Å². The van der Waals surface area contributed by atoms with E-state index in [1.165, 1.54) is 20.3 Å². The van der Waals surface area contributed by atoms with Gasteiger partial charge >= 0.3 is 5.97 Å². The van der Waals surface area contributed by atoms with E-state index in [-0.39, 0.29) is 29.6 Å². The molecule has 1 atom stereocenters. The van der Waals surface area contributed by atoms with Crippen molar-refractivity contribution in [1.82, 2.24) is 0 Å². The largest absolute Gasteiger partial charge is 0.493 e. The van der Waals surface area contributed by atoms with Gasteiger partial charge in [-0.1, -0.05) is 0 Å². The second kappa shape index (κ2) is 4.61. The molecule has 0 aromatic heterocycles. The Hall–Kier alpha value is -2.15. The standard InChI is InChI=1S/C11H12O7/c1-15-6-3-5(7(12)11(13)14)8(16-2)10-9(6)17-4-18-10/h3,7,12H,4H2,1-2H3,(H,13,14). The Labute approximate surface area is 102 Å². The number of hydrogen-bond acceptors (Lipinski definition) is 6. The Morgan fingerprint density at radius 2 is 2.00 bits per heavy atom. The second-order valence-electron chi connectivity index (χ2n) is 3.51. The summed E-state index contributed by atoms with van der Waals surface area (Å²) in [5.74, 6) is -0.436. The van der Waals surface area contributed by atoms with Crippen molar-refractivity contribution in [2.75, 3.05) is 21.0 Å². The first kappa shape index (κ1) is 12.3. The molecule has 1 unspecified atom stereocenters. The molecule has 2 rings (SSSR count). The van der Waals surface area contributed by atoms with Gasteiger partial charge < -0.3 is 29.2 Å². The van der Waals surface area contributed by atoms with Crippen molar-refractivity contribution in [3.8, 4) is 23.0 Å². The van der Waals surface area contributed by atoms with E-state index in [1.54, 1.807) is 0 Å². The maximum Gasteiger partial charge on any atom is 0.337 e. The Balaban J connectivity index is 2.62. The number of rotatable bonds is 4. The van der Waals surface area contributed by atoms with Crippen molar-refractivity contribution >= 4 is 5.97 Å². The predicted octanol–water partition coefficient (Wildman–Crippen LogP) is 0.550. The van der Waals surface area contributed by atoms with Gasteiger partial charge in [0.15, 0.2) is 17.6 Å². The Bertz CT molecular complexity index is 483. The van der Waals surface area contributed by atoms with Gasteiger partial charge in [0.2, 0.25) is 18.3 Å². The molecule has 0 bridgehead atoms. The fourth-order valence-corrected chi connectivity index (χ4v) is 1.73. The molecule has 1 aromatic carbocycles. The first-order valence-electron chi connectivity index (χ1n) is 5.05. The van der Waals surface area contributed by atoms with Gasteiger partial charge in [-0.25, -0.2) is 4.79 Å². The molecule has 0 amide bonds. The lowest BCUT2D eigenvalue weighted by Gasteiger charge is -2.15. The van der Waals surface area contributed by atoms with E-state index >= 15 is 0 Å². The zero-order valence-corrected chi connectivity index (χ0v) is 9.80. The normalized spacial score (nSPS) is 14.2. The number of methoxy groups -OCH3 is 2. The fourth-order valence-electron chi connectivity index (χ4n) is 1.73. The average Bonchev–Trinajstić information content (AvgIpc) is 2.84. The van der Waals surface area contributed by atoms with Gasteiger partial charge in [0.05, 0.1) is 14.2 Å². The molecule has 0 saturated heterocycles. The van der Waals surface area contributed by atoms with E-state index in [9.17, 15) is 9.90 Å². The molecular formula is C11H12O7. The zero-order chi connectivity index (χ0) is 13.3. The molecule has 0 fully saturated rings. The molecule has 1 aromatic rings. The molecule has 1 heterocycles. The van der Waals surface area contributed by atoms with Gasteiger partial charge in [-0.2, -0.15) is 0 Å². The third-order valence-electron chi connectivity index (χ3n) is 2.54. The monoisotopic (exact) mass is 256 g/mol. The van der Waals surface area contributed by atoms with Crippen LogP contribution in [0.2, 0.25) is 0 Å². The van der Waals surface area contributed by atoms with Crippen LogP contribution >= 0.6 is 0 Å². The summed E-state index contributed by atoms with van der Waals surface area (Å²) in [6.07, 6.45) is -1.73. The fraction of sp³-hybridized carbons (Fsp3) is 0.364. The average molecular weight is 256 g/mol. The third-order valence-corrected chi connectivity index (χ3v) is 2.54. The van der Waals surface area contributed by atoms with Crippen molar-refractivity contribution in [1.29, 1.82) is 0 Å². The lowest BCUT2D eigenvalue weighted by atomic mass is 10.1. The molecule has 7 heteroatoms. The van der Waals surface area contributed by atoms with Crippen LogP contribution in [0.5, 0.6) is 23.0 Å². The molecular weight excluding hydrogens is 244 g/mol. The molecule has 0 saturated carbocycles. The number of carboxylic acids is 1. The Kier molecular flexibility index (Phi) is 3.15. The van der Waals surface area contributed by atoms with Crippen LogP contribution in [-0.4, -0.2) is 37.2 Å². The lowest BCUT2D eigenvalue weighted by molar-refractivity contribution is -0.147. The highest BCUT2D eigenvalue weighted by atomic mass is 16.7. The molecule has 98 valence electrons. The predicted molar refractivity (Wildman–Crippen MR) is 58.3 cm³/mol. The summed E-state index contributed by atoms with van der Waals surface area (Å²) in [4.78, 5) is 10.8. The minimum Gasteiger partial charge on any atom is -0.493 e. The minimum atomic E-state index is -1.73. The first-order chi connectivity index (χ1) is 8.60. The number of aliphatic hydroxyl groups excluding tert-OH is 1. The summed E-state index contributed by atoms with van der Waals surface area (Å²) in [5.41, 5.74) is 0.0473. The van der Waals surface area contributed by atoms with Gasteiger partial charge in [-0.3, -0.25) is 0 Å². The van der Waals surface area contributed by atoms with E-state index in [2.05, 4.69) is 0 Å².